The molecule has 2 aromatic carbocycles. The molecule has 1 atom stereocenters. The van der Waals surface area contributed by atoms with Crippen LogP contribution < -0.4 is 10.6 Å². The van der Waals surface area contributed by atoms with Gasteiger partial charge >= 0.3 is 0 Å². The van der Waals surface area contributed by atoms with Gasteiger partial charge in [-0.1, -0.05) is 30.3 Å². The van der Waals surface area contributed by atoms with Gasteiger partial charge in [0.25, 0.3) is 0 Å². The molecule has 1 amide bonds. The molecule has 1 aliphatic heterocycles. The van der Waals surface area contributed by atoms with Crippen molar-refractivity contribution in [3.63, 3.8) is 0 Å². The molecule has 0 saturated heterocycles. The summed E-state index contributed by atoms with van der Waals surface area (Å²) in [5.41, 5.74) is 3.54. The Bertz CT molecular complexity index is 659. The average Bonchev–Trinajstić information content (AvgIpc) is 2.92. The predicted octanol–water partition coefficient (Wildman–Crippen LogP) is 2.79. The molecule has 0 fully saturated rings. The minimum Gasteiger partial charge on any atom is -0.373 e. The van der Waals surface area contributed by atoms with Gasteiger partial charge in [-0.3, -0.25) is 4.79 Å². The molecule has 21 heavy (non-hydrogen) atoms. The number of hydrogen-bond donors (Lipinski definition) is 2. The predicted molar refractivity (Wildman–Crippen MR) is 80.5 cm³/mol. The van der Waals surface area contributed by atoms with Gasteiger partial charge in [-0.25, -0.2) is 4.39 Å². The van der Waals surface area contributed by atoms with Crippen molar-refractivity contribution < 1.29 is 9.18 Å². The molecule has 0 spiro atoms. The zero-order valence-corrected chi connectivity index (χ0v) is 11.8. The van der Waals surface area contributed by atoms with Gasteiger partial charge in [0.2, 0.25) is 5.91 Å². The molecule has 2 aromatic rings. The summed E-state index contributed by atoms with van der Waals surface area (Å²) in [7, 11) is 0. The van der Waals surface area contributed by atoms with E-state index in [0.717, 1.165) is 16.8 Å². The van der Waals surface area contributed by atoms with Gasteiger partial charge in [-0.05, 0) is 35.7 Å². The SMILES string of the molecule is Cc1ccc(CNC(=O)C2Cc3ccccc3N2)cc1F. The van der Waals surface area contributed by atoms with Gasteiger partial charge in [0.15, 0.2) is 0 Å². The van der Waals surface area contributed by atoms with Crippen molar-refractivity contribution in [1.29, 1.82) is 0 Å². The fourth-order valence-corrected chi connectivity index (χ4v) is 2.51. The van der Waals surface area contributed by atoms with Crippen LogP contribution in [0.3, 0.4) is 0 Å². The number of para-hydroxylation sites is 1. The molecule has 1 unspecified atom stereocenters. The van der Waals surface area contributed by atoms with Gasteiger partial charge in [-0.15, -0.1) is 0 Å². The normalized spacial score (nSPS) is 16.2. The van der Waals surface area contributed by atoms with Gasteiger partial charge in [0.1, 0.15) is 11.9 Å². The first-order valence-electron chi connectivity index (χ1n) is 7.00. The van der Waals surface area contributed by atoms with E-state index in [0.29, 0.717) is 18.5 Å². The second-order valence-electron chi connectivity index (χ2n) is 5.36. The van der Waals surface area contributed by atoms with Gasteiger partial charge < -0.3 is 10.6 Å². The summed E-state index contributed by atoms with van der Waals surface area (Å²) >= 11 is 0. The van der Waals surface area contributed by atoms with E-state index in [2.05, 4.69) is 10.6 Å². The first kappa shape index (κ1) is 13.6. The molecule has 0 aromatic heterocycles. The average molecular weight is 284 g/mol. The third-order valence-electron chi connectivity index (χ3n) is 3.79. The topological polar surface area (TPSA) is 41.1 Å². The number of halogens is 1. The van der Waals surface area contributed by atoms with Crippen LogP contribution in [0.4, 0.5) is 10.1 Å². The highest BCUT2D eigenvalue weighted by Crippen LogP contribution is 2.25. The largest absolute Gasteiger partial charge is 0.373 e. The van der Waals surface area contributed by atoms with Crippen LogP contribution in [0.2, 0.25) is 0 Å². The number of carbonyl (C=O) groups is 1. The van der Waals surface area contributed by atoms with Crippen LogP contribution >= 0.6 is 0 Å². The highest BCUT2D eigenvalue weighted by atomic mass is 19.1. The minimum absolute atomic E-state index is 0.0628. The van der Waals surface area contributed by atoms with Crippen molar-refractivity contribution in [3.8, 4) is 0 Å². The standard InChI is InChI=1S/C17H17FN2O/c1-11-6-7-12(8-14(11)18)10-19-17(21)16-9-13-4-2-3-5-15(13)20-16/h2-8,16,20H,9-10H2,1H3,(H,19,21). The summed E-state index contributed by atoms with van der Waals surface area (Å²) in [6.45, 7) is 2.06. The lowest BCUT2D eigenvalue weighted by Crippen LogP contribution is -2.38. The number of amides is 1. The highest BCUT2D eigenvalue weighted by Gasteiger charge is 2.25. The molecule has 2 N–H and O–H groups in total. The molecule has 0 radical (unpaired) electrons. The van der Waals surface area contributed by atoms with Crippen molar-refractivity contribution in [2.45, 2.75) is 25.9 Å². The van der Waals surface area contributed by atoms with Crippen molar-refractivity contribution in [2.75, 3.05) is 5.32 Å². The van der Waals surface area contributed by atoms with E-state index in [1.807, 2.05) is 30.3 Å². The molecule has 1 heterocycles. The van der Waals surface area contributed by atoms with Crippen molar-refractivity contribution in [2.24, 2.45) is 0 Å². The zero-order chi connectivity index (χ0) is 14.8. The maximum absolute atomic E-state index is 13.5. The van der Waals surface area contributed by atoms with Gasteiger partial charge in [-0.2, -0.15) is 0 Å². The number of aryl methyl sites for hydroxylation is 1. The van der Waals surface area contributed by atoms with E-state index >= 15 is 0 Å². The van der Waals surface area contributed by atoms with Gasteiger partial charge in [0, 0.05) is 18.7 Å². The summed E-state index contributed by atoms with van der Waals surface area (Å²) in [4.78, 5) is 12.2. The number of carbonyl (C=O) groups excluding carboxylic acids is 1. The van der Waals surface area contributed by atoms with E-state index in [1.54, 1.807) is 13.0 Å². The van der Waals surface area contributed by atoms with Crippen LogP contribution in [0.1, 0.15) is 16.7 Å². The summed E-state index contributed by atoms with van der Waals surface area (Å²) in [5, 5.41) is 6.06. The summed E-state index contributed by atoms with van der Waals surface area (Å²) in [6.07, 6.45) is 0.685. The van der Waals surface area contributed by atoms with Gasteiger partial charge in [0.05, 0.1) is 0 Å². The summed E-state index contributed by atoms with van der Waals surface area (Å²) in [5.74, 6) is -0.305. The smallest absolute Gasteiger partial charge is 0.243 e. The fraction of sp³-hybridized carbons (Fsp3) is 0.235. The highest BCUT2D eigenvalue weighted by molar-refractivity contribution is 5.87. The Morgan fingerprint density at radius 3 is 2.90 bits per heavy atom. The van der Waals surface area contributed by atoms with Crippen LogP contribution in [0.15, 0.2) is 42.5 Å². The van der Waals surface area contributed by atoms with Crippen LogP contribution in [-0.2, 0) is 17.8 Å². The second-order valence-corrected chi connectivity index (χ2v) is 5.36. The van der Waals surface area contributed by atoms with E-state index in [9.17, 15) is 9.18 Å². The lowest BCUT2D eigenvalue weighted by atomic mass is 10.1. The summed E-state index contributed by atoms with van der Waals surface area (Å²) < 4.78 is 13.5. The van der Waals surface area contributed by atoms with Crippen LogP contribution in [-0.4, -0.2) is 11.9 Å². The summed E-state index contributed by atoms with van der Waals surface area (Å²) in [6, 6.07) is 12.7. The third kappa shape index (κ3) is 2.89. The molecule has 3 rings (SSSR count). The number of rotatable bonds is 3. The molecular formula is C17H17FN2O. The van der Waals surface area contributed by atoms with E-state index in [-0.39, 0.29) is 17.8 Å². The Morgan fingerprint density at radius 2 is 2.14 bits per heavy atom. The molecular weight excluding hydrogens is 267 g/mol. The molecule has 0 aliphatic carbocycles. The number of benzene rings is 2. The first-order chi connectivity index (χ1) is 10.1. The van der Waals surface area contributed by atoms with Crippen molar-refractivity contribution in [1.82, 2.24) is 5.32 Å². The Kier molecular flexibility index (Phi) is 3.60. The zero-order valence-electron chi connectivity index (χ0n) is 11.8. The van der Waals surface area contributed by atoms with E-state index in [4.69, 9.17) is 0 Å². The Morgan fingerprint density at radius 1 is 1.33 bits per heavy atom. The number of fused-ring (bicyclic) bond motifs is 1. The number of hydrogen-bond acceptors (Lipinski definition) is 2. The Balaban J connectivity index is 1.59. The Labute approximate surface area is 123 Å². The lowest BCUT2D eigenvalue weighted by Gasteiger charge is -2.12. The molecule has 0 bridgehead atoms. The molecule has 1 aliphatic rings. The number of anilines is 1. The minimum atomic E-state index is -0.252. The fourth-order valence-electron chi connectivity index (χ4n) is 2.51. The molecule has 108 valence electrons. The monoisotopic (exact) mass is 284 g/mol. The molecule has 0 saturated carbocycles. The molecule has 4 heteroatoms. The van der Waals surface area contributed by atoms with Crippen LogP contribution in [0.25, 0.3) is 0 Å². The van der Waals surface area contributed by atoms with E-state index < -0.39 is 0 Å². The second kappa shape index (κ2) is 5.56. The maximum atomic E-state index is 13.5. The van der Waals surface area contributed by atoms with Crippen molar-refractivity contribution >= 4 is 11.6 Å². The maximum Gasteiger partial charge on any atom is 0.243 e. The van der Waals surface area contributed by atoms with E-state index in [1.165, 1.54) is 6.07 Å². The lowest BCUT2D eigenvalue weighted by molar-refractivity contribution is -0.121. The van der Waals surface area contributed by atoms with Crippen molar-refractivity contribution in [3.05, 3.63) is 65.0 Å². The number of nitrogens with one attached hydrogen (secondary N) is 2. The Hall–Kier alpha value is -2.36. The van der Waals surface area contributed by atoms with Crippen LogP contribution in [0, 0.1) is 12.7 Å². The quantitative estimate of drug-likeness (QED) is 0.910. The third-order valence-corrected chi connectivity index (χ3v) is 3.79. The molecule has 3 nitrogen and oxygen atoms in total. The first-order valence-corrected chi connectivity index (χ1v) is 7.00. The van der Waals surface area contributed by atoms with Crippen LogP contribution in [0.5, 0.6) is 0 Å².